The van der Waals surface area contributed by atoms with Crippen molar-refractivity contribution in [2.45, 2.75) is 52.0 Å². The average Bonchev–Trinajstić information content (AvgIpc) is 2.37. The maximum Gasteiger partial charge on any atom is 0.0343 e. The fraction of sp³-hybridized carbons (Fsp3) is 0.625. The van der Waals surface area contributed by atoms with E-state index < -0.39 is 0 Å². The summed E-state index contributed by atoms with van der Waals surface area (Å²) < 4.78 is 0. The minimum Gasteiger partial charge on any atom is -0.313 e. The van der Waals surface area contributed by atoms with E-state index in [0.29, 0.717) is 12.0 Å². The van der Waals surface area contributed by atoms with Crippen LogP contribution in [0.15, 0.2) is 30.3 Å². The zero-order chi connectivity index (χ0) is 12.5. The fourth-order valence-corrected chi connectivity index (χ4v) is 2.50. The van der Waals surface area contributed by atoms with Crippen LogP contribution >= 0.6 is 0 Å². The molecule has 0 aliphatic heterocycles. The predicted octanol–water partition coefficient (Wildman–Crippen LogP) is 4.55. The van der Waals surface area contributed by atoms with E-state index >= 15 is 0 Å². The van der Waals surface area contributed by atoms with Crippen molar-refractivity contribution in [3.63, 3.8) is 0 Å². The maximum absolute atomic E-state index is 3.46. The molecule has 1 aromatic carbocycles. The van der Waals surface area contributed by atoms with Gasteiger partial charge < -0.3 is 5.32 Å². The van der Waals surface area contributed by atoms with Crippen LogP contribution < -0.4 is 5.32 Å². The molecule has 17 heavy (non-hydrogen) atoms. The Kier molecular flexibility index (Phi) is 6.95. The van der Waals surface area contributed by atoms with Crippen LogP contribution in [0.25, 0.3) is 0 Å². The second-order valence-electron chi connectivity index (χ2n) is 5.00. The molecule has 1 nitrogen and oxygen atoms in total. The predicted molar refractivity (Wildman–Crippen MR) is 76.2 cm³/mol. The molecule has 0 amide bonds. The van der Waals surface area contributed by atoms with Gasteiger partial charge in [-0.25, -0.2) is 0 Å². The quantitative estimate of drug-likeness (QED) is 0.649. The van der Waals surface area contributed by atoms with Crippen molar-refractivity contribution >= 4 is 0 Å². The second-order valence-corrected chi connectivity index (χ2v) is 5.00. The molecular weight excluding hydrogens is 206 g/mol. The van der Waals surface area contributed by atoms with E-state index in [1.807, 2.05) is 0 Å². The van der Waals surface area contributed by atoms with Crippen molar-refractivity contribution < 1.29 is 0 Å². The molecule has 0 aliphatic carbocycles. The third-order valence-electron chi connectivity index (χ3n) is 3.55. The van der Waals surface area contributed by atoms with E-state index in [4.69, 9.17) is 0 Å². The molecule has 1 aromatic rings. The molecule has 0 aliphatic rings. The largest absolute Gasteiger partial charge is 0.313 e. The van der Waals surface area contributed by atoms with Gasteiger partial charge in [0.25, 0.3) is 0 Å². The molecule has 2 atom stereocenters. The first-order chi connectivity index (χ1) is 8.29. The molecule has 96 valence electrons. The number of benzene rings is 1. The standard InChI is InChI=1S/C16H27N/c1-4-5-6-8-11-14(2)16(17-3)15-12-9-7-10-13-15/h7,9-10,12-14,16-17H,4-6,8,11H2,1-3H3. The first-order valence-electron chi connectivity index (χ1n) is 7.01. The van der Waals surface area contributed by atoms with E-state index in [2.05, 4.69) is 56.5 Å². The van der Waals surface area contributed by atoms with E-state index in [0.717, 1.165) is 0 Å². The topological polar surface area (TPSA) is 12.0 Å². The van der Waals surface area contributed by atoms with E-state index in [1.54, 1.807) is 0 Å². The Hall–Kier alpha value is -0.820. The molecule has 1 heteroatoms. The number of rotatable bonds is 8. The smallest absolute Gasteiger partial charge is 0.0343 e. The van der Waals surface area contributed by atoms with Crippen LogP contribution in [0.3, 0.4) is 0 Å². The fourth-order valence-electron chi connectivity index (χ4n) is 2.50. The second kappa shape index (κ2) is 8.30. The van der Waals surface area contributed by atoms with Crippen molar-refractivity contribution in [2.75, 3.05) is 7.05 Å². The zero-order valence-electron chi connectivity index (χ0n) is 11.6. The molecule has 0 spiro atoms. The number of hydrogen-bond acceptors (Lipinski definition) is 1. The Balaban J connectivity index is 2.44. The van der Waals surface area contributed by atoms with Crippen LogP contribution in [0.1, 0.15) is 57.6 Å². The van der Waals surface area contributed by atoms with E-state index in [1.165, 1.54) is 37.7 Å². The Morgan fingerprint density at radius 1 is 1.06 bits per heavy atom. The van der Waals surface area contributed by atoms with Gasteiger partial charge in [0.1, 0.15) is 0 Å². The first kappa shape index (κ1) is 14.2. The van der Waals surface area contributed by atoms with Gasteiger partial charge >= 0.3 is 0 Å². The van der Waals surface area contributed by atoms with Gasteiger partial charge in [0.05, 0.1) is 0 Å². The van der Waals surface area contributed by atoms with Crippen LogP contribution in [-0.4, -0.2) is 7.05 Å². The zero-order valence-corrected chi connectivity index (χ0v) is 11.6. The summed E-state index contributed by atoms with van der Waals surface area (Å²) in [6, 6.07) is 11.3. The summed E-state index contributed by atoms with van der Waals surface area (Å²) in [5.41, 5.74) is 1.41. The third-order valence-corrected chi connectivity index (χ3v) is 3.55. The summed E-state index contributed by atoms with van der Waals surface area (Å²) in [6.45, 7) is 4.63. The van der Waals surface area contributed by atoms with Crippen molar-refractivity contribution in [2.24, 2.45) is 5.92 Å². The van der Waals surface area contributed by atoms with Crippen LogP contribution in [0, 0.1) is 5.92 Å². The van der Waals surface area contributed by atoms with Crippen molar-refractivity contribution in [1.29, 1.82) is 0 Å². The first-order valence-corrected chi connectivity index (χ1v) is 7.01. The Morgan fingerprint density at radius 3 is 2.35 bits per heavy atom. The normalized spacial score (nSPS) is 14.5. The van der Waals surface area contributed by atoms with Crippen molar-refractivity contribution in [1.82, 2.24) is 5.32 Å². The highest BCUT2D eigenvalue weighted by molar-refractivity contribution is 5.19. The van der Waals surface area contributed by atoms with Crippen LogP contribution in [0.2, 0.25) is 0 Å². The molecule has 0 saturated heterocycles. The summed E-state index contributed by atoms with van der Waals surface area (Å²) in [5.74, 6) is 0.708. The van der Waals surface area contributed by atoms with Crippen LogP contribution in [0.4, 0.5) is 0 Å². The van der Waals surface area contributed by atoms with E-state index in [-0.39, 0.29) is 0 Å². The molecule has 1 rings (SSSR count). The summed E-state index contributed by atoms with van der Waals surface area (Å²) in [5, 5.41) is 3.46. The van der Waals surface area contributed by atoms with E-state index in [9.17, 15) is 0 Å². The highest BCUT2D eigenvalue weighted by Crippen LogP contribution is 2.25. The highest BCUT2D eigenvalue weighted by atomic mass is 14.9. The maximum atomic E-state index is 3.46. The molecule has 0 bridgehead atoms. The lowest BCUT2D eigenvalue weighted by molar-refractivity contribution is 0.372. The summed E-state index contributed by atoms with van der Waals surface area (Å²) in [6.07, 6.45) is 6.76. The minimum atomic E-state index is 0.498. The van der Waals surface area contributed by atoms with Gasteiger partial charge in [0.15, 0.2) is 0 Å². The SMILES string of the molecule is CCCCCCC(C)C(NC)c1ccccc1. The summed E-state index contributed by atoms with van der Waals surface area (Å²) >= 11 is 0. The molecular formula is C16H27N. The van der Waals surface area contributed by atoms with Gasteiger partial charge in [-0.1, -0.05) is 69.9 Å². The van der Waals surface area contributed by atoms with Crippen LogP contribution in [-0.2, 0) is 0 Å². The van der Waals surface area contributed by atoms with Gasteiger partial charge in [-0.05, 0) is 24.9 Å². The molecule has 0 radical (unpaired) electrons. The number of nitrogens with one attached hydrogen (secondary N) is 1. The lowest BCUT2D eigenvalue weighted by atomic mass is 9.90. The highest BCUT2D eigenvalue weighted by Gasteiger charge is 2.16. The molecule has 0 saturated carbocycles. The Bertz CT molecular complexity index is 281. The average molecular weight is 233 g/mol. The van der Waals surface area contributed by atoms with Gasteiger partial charge in [0.2, 0.25) is 0 Å². The minimum absolute atomic E-state index is 0.498. The van der Waals surface area contributed by atoms with Crippen LogP contribution in [0.5, 0.6) is 0 Å². The molecule has 0 fully saturated rings. The van der Waals surface area contributed by atoms with Gasteiger partial charge in [0, 0.05) is 6.04 Å². The monoisotopic (exact) mass is 233 g/mol. The molecule has 0 aromatic heterocycles. The third kappa shape index (κ3) is 4.91. The Labute approximate surface area is 107 Å². The molecule has 2 unspecified atom stereocenters. The number of unbranched alkanes of at least 4 members (excludes halogenated alkanes) is 3. The van der Waals surface area contributed by atoms with Crippen molar-refractivity contribution in [3.05, 3.63) is 35.9 Å². The lowest BCUT2D eigenvalue weighted by Crippen LogP contribution is -2.23. The lowest BCUT2D eigenvalue weighted by Gasteiger charge is -2.24. The Morgan fingerprint density at radius 2 is 1.76 bits per heavy atom. The van der Waals surface area contributed by atoms with Crippen molar-refractivity contribution in [3.8, 4) is 0 Å². The number of hydrogen-bond donors (Lipinski definition) is 1. The molecule has 1 N–H and O–H groups in total. The summed E-state index contributed by atoms with van der Waals surface area (Å²) in [7, 11) is 2.07. The molecule has 0 heterocycles. The van der Waals surface area contributed by atoms with Gasteiger partial charge in [-0.3, -0.25) is 0 Å². The van der Waals surface area contributed by atoms with Gasteiger partial charge in [-0.15, -0.1) is 0 Å². The van der Waals surface area contributed by atoms with Gasteiger partial charge in [-0.2, -0.15) is 0 Å². The summed E-state index contributed by atoms with van der Waals surface area (Å²) in [4.78, 5) is 0.